The highest BCUT2D eigenvalue weighted by molar-refractivity contribution is 7.46. The molecule has 1 aliphatic carbocycles. The van der Waals surface area contributed by atoms with Crippen molar-refractivity contribution in [3.05, 3.63) is 34.9 Å². The number of rotatable bonds is 12. The molecule has 2 atom stereocenters. The zero-order valence-corrected chi connectivity index (χ0v) is 17.9. The Kier molecular flexibility index (Phi) is 9.13. The molecule has 0 saturated carbocycles. The third kappa shape index (κ3) is 7.25. The molecule has 0 spiro atoms. The van der Waals surface area contributed by atoms with Crippen LogP contribution in [-0.4, -0.2) is 33.6 Å². The first kappa shape index (κ1) is 23.5. The number of fused-ring (bicyclic) bond motifs is 1. The number of benzene rings is 1. The molecule has 28 heavy (non-hydrogen) atoms. The van der Waals surface area contributed by atoms with Crippen LogP contribution < -0.4 is 5.73 Å². The third-order valence-electron chi connectivity index (χ3n) is 5.93. The minimum Gasteiger partial charge on any atom is -0.394 e. The van der Waals surface area contributed by atoms with E-state index < -0.39 is 13.4 Å². The van der Waals surface area contributed by atoms with E-state index in [0.717, 1.165) is 19.3 Å². The van der Waals surface area contributed by atoms with Gasteiger partial charge in [0.1, 0.15) is 0 Å². The zero-order valence-electron chi connectivity index (χ0n) is 17.0. The highest BCUT2D eigenvalue weighted by Crippen LogP contribution is 2.39. The lowest BCUT2D eigenvalue weighted by atomic mass is 9.73. The van der Waals surface area contributed by atoms with Crippen molar-refractivity contribution in [1.82, 2.24) is 0 Å². The number of unbranched alkanes of at least 4 members (excludes halogenated alkanes) is 5. The van der Waals surface area contributed by atoms with Gasteiger partial charge < -0.3 is 20.6 Å². The fraction of sp³-hybridized carbons (Fsp3) is 0.714. The van der Waals surface area contributed by atoms with Gasteiger partial charge in [0.15, 0.2) is 0 Å². The molecule has 160 valence electrons. The molecule has 6 nitrogen and oxygen atoms in total. The first-order valence-electron chi connectivity index (χ1n) is 10.5. The maximum absolute atomic E-state index is 11.0. The molecule has 0 radical (unpaired) electrons. The zero-order chi connectivity index (χ0) is 20.6. The van der Waals surface area contributed by atoms with Gasteiger partial charge in [-0.25, -0.2) is 4.57 Å². The standard InChI is InChI=1S/C21H36NO5P/c1-2-3-4-5-6-7-8-17-9-10-19-14-20(12-11-18(19)13-17)21(22,15-23)16-27-28(24,25)26/h9-10,13,20,23H,2-8,11-12,14-16,22H2,1H3,(H2,24,25,26)/t20-,21+/m1/s1. The minimum atomic E-state index is -4.61. The molecular formula is C21H36NO5P. The molecule has 0 fully saturated rings. The molecule has 7 heteroatoms. The Labute approximate surface area is 168 Å². The van der Waals surface area contributed by atoms with Crippen LogP contribution in [0.15, 0.2) is 18.2 Å². The van der Waals surface area contributed by atoms with Gasteiger partial charge in [-0.15, -0.1) is 0 Å². The number of hydrogen-bond acceptors (Lipinski definition) is 4. The summed E-state index contributed by atoms with van der Waals surface area (Å²) in [7, 11) is -4.61. The van der Waals surface area contributed by atoms with Crippen molar-refractivity contribution in [1.29, 1.82) is 0 Å². The van der Waals surface area contributed by atoms with E-state index in [4.69, 9.17) is 15.5 Å². The van der Waals surface area contributed by atoms with Gasteiger partial charge in [-0.1, -0.05) is 57.2 Å². The van der Waals surface area contributed by atoms with Crippen molar-refractivity contribution in [2.45, 2.75) is 76.7 Å². The molecule has 1 aromatic rings. The number of aryl methyl sites for hydroxylation is 2. The summed E-state index contributed by atoms with van der Waals surface area (Å²) in [4.78, 5) is 17.9. The van der Waals surface area contributed by atoms with Crippen LogP contribution in [0.1, 0.15) is 68.6 Å². The predicted octanol–water partition coefficient (Wildman–Crippen LogP) is 3.49. The normalized spacial score (nSPS) is 19.2. The van der Waals surface area contributed by atoms with Crippen molar-refractivity contribution < 1.29 is 24.0 Å². The van der Waals surface area contributed by atoms with Crippen molar-refractivity contribution in [2.75, 3.05) is 13.2 Å². The van der Waals surface area contributed by atoms with Crippen LogP contribution in [0.5, 0.6) is 0 Å². The van der Waals surface area contributed by atoms with Crippen LogP contribution in [0.2, 0.25) is 0 Å². The molecule has 5 N–H and O–H groups in total. The summed E-state index contributed by atoms with van der Waals surface area (Å²) in [6.45, 7) is 1.50. The third-order valence-corrected chi connectivity index (χ3v) is 6.39. The number of phosphoric acid groups is 1. The summed E-state index contributed by atoms with van der Waals surface area (Å²) in [5.41, 5.74) is 9.02. The fourth-order valence-electron chi connectivity index (χ4n) is 4.06. The first-order valence-corrected chi connectivity index (χ1v) is 12.0. The quantitative estimate of drug-likeness (QED) is 0.308. The molecule has 2 rings (SSSR count). The Balaban J connectivity index is 1.91. The highest BCUT2D eigenvalue weighted by atomic mass is 31.2. The largest absolute Gasteiger partial charge is 0.469 e. The van der Waals surface area contributed by atoms with Crippen molar-refractivity contribution in [2.24, 2.45) is 11.7 Å². The monoisotopic (exact) mass is 413 g/mol. The van der Waals surface area contributed by atoms with E-state index in [1.165, 1.54) is 55.2 Å². The lowest BCUT2D eigenvalue weighted by Gasteiger charge is -2.38. The summed E-state index contributed by atoms with van der Waals surface area (Å²) in [5, 5.41) is 9.74. The van der Waals surface area contributed by atoms with E-state index in [-0.39, 0.29) is 19.1 Å². The van der Waals surface area contributed by atoms with Gasteiger partial charge in [0.2, 0.25) is 0 Å². The number of nitrogens with two attached hydrogens (primary N) is 1. The predicted molar refractivity (Wildman–Crippen MR) is 111 cm³/mol. The lowest BCUT2D eigenvalue weighted by Crippen LogP contribution is -2.55. The smallest absolute Gasteiger partial charge is 0.394 e. The Morgan fingerprint density at radius 2 is 1.89 bits per heavy atom. The van der Waals surface area contributed by atoms with Gasteiger partial charge in [-0.05, 0) is 54.7 Å². The molecule has 0 unspecified atom stereocenters. The second-order valence-electron chi connectivity index (χ2n) is 8.22. The SMILES string of the molecule is CCCCCCCCc1ccc2c(c1)CC[C@@H]([C@](N)(CO)COP(=O)(O)O)C2. The second-order valence-corrected chi connectivity index (χ2v) is 9.46. The van der Waals surface area contributed by atoms with Crippen LogP contribution >= 0.6 is 7.82 Å². The van der Waals surface area contributed by atoms with Crippen molar-refractivity contribution in [3.63, 3.8) is 0 Å². The Bertz CT molecular complexity index is 662. The Morgan fingerprint density at radius 1 is 1.18 bits per heavy atom. The summed E-state index contributed by atoms with van der Waals surface area (Å²) >= 11 is 0. The number of aliphatic hydroxyl groups is 1. The molecule has 0 saturated heterocycles. The van der Waals surface area contributed by atoms with E-state index >= 15 is 0 Å². The molecule has 1 aliphatic rings. The molecule has 0 amide bonds. The van der Waals surface area contributed by atoms with Crippen LogP contribution in [0, 0.1) is 5.92 Å². The molecule has 0 aromatic heterocycles. The van der Waals surface area contributed by atoms with E-state index in [1.54, 1.807) is 0 Å². The Hall–Kier alpha value is -0.750. The molecule has 0 aliphatic heterocycles. The van der Waals surface area contributed by atoms with E-state index in [9.17, 15) is 9.67 Å². The average molecular weight is 413 g/mol. The lowest BCUT2D eigenvalue weighted by molar-refractivity contribution is 0.0635. The van der Waals surface area contributed by atoms with Gasteiger partial charge >= 0.3 is 7.82 Å². The molecular weight excluding hydrogens is 377 g/mol. The van der Waals surface area contributed by atoms with Gasteiger partial charge in [-0.2, -0.15) is 0 Å². The van der Waals surface area contributed by atoms with Gasteiger partial charge in [0.05, 0.1) is 18.8 Å². The Morgan fingerprint density at radius 3 is 2.57 bits per heavy atom. The molecule has 0 heterocycles. The fourth-order valence-corrected chi connectivity index (χ4v) is 4.47. The second kappa shape index (κ2) is 10.9. The molecule has 0 bridgehead atoms. The number of hydrogen-bond donors (Lipinski definition) is 4. The summed E-state index contributed by atoms with van der Waals surface area (Å²) in [6, 6.07) is 6.62. The van der Waals surface area contributed by atoms with Crippen LogP contribution in [-0.2, 0) is 28.4 Å². The maximum Gasteiger partial charge on any atom is 0.469 e. The van der Waals surface area contributed by atoms with E-state index in [1.807, 2.05) is 0 Å². The average Bonchev–Trinajstić information content (AvgIpc) is 2.67. The summed E-state index contributed by atoms with van der Waals surface area (Å²) in [6.07, 6.45) is 11.2. The topological polar surface area (TPSA) is 113 Å². The van der Waals surface area contributed by atoms with Crippen LogP contribution in [0.25, 0.3) is 0 Å². The van der Waals surface area contributed by atoms with Crippen molar-refractivity contribution in [3.8, 4) is 0 Å². The number of phosphoric ester groups is 1. The summed E-state index contributed by atoms with van der Waals surface area (Å²) < 4.78 is 15.6. The van der Waals surface area contributed by atoms with Crippen molar-refractivity contribution >= 4 is 7.82 Å². The van der Waals surface area contributed by atoms with E-state index in [0.29, 0.717) is 6.42 Å². The molecule has 1 aromatic carbocycles. The van der Waals surface area contributed by atoms with E-state index in [2.05, 4.69) is 29.6 Å². The number of aliphatic hydroxyl groups excluding tert-OH is 1. The van der Waals surface area contributed by atoms with Crippen LogP contribution in [0.3, 0.4) is 0 Å². The van der Waals surface area contributed by atoms with Gasteiger partial charge in [0, 0.05) is 0 Å². The maximum atomic E-state index is 11.0. The van der Waals surface area contributed by atoms with Gasteiger partial charge in [0.25, 0.3) is 0 Å². The minimum absolute atomic E-state index is 0.0824. The highest BCUT2D eigenvalue weighted by Gasteiger charge is 2.38. The van der Waals surface area contributed by atoms with Gasteiger partial charge in [-0.3, -0.25) is 4.52 Å². The van der Waals surface area contributed by atoms with Crippen LogP contribution in [0.4, 0.5) is 0 Å². The first-order chi connectivity index (χ1) is 13.3. The summed E-state index contributed by atoms with van der Waals surface area (Å²) in [5.74, 6) is -0.0824.